The third-order valence-corrected chi connectivity index (χ3v) is 16.0. The number of quaternary nitrogens is 1. The van der Waals surface area contributed by atoms with E-state index in [1.807, 2.05) is 33.3 Å². The zero-order chi connectivity index (χ0) is 60.7. The minimum absolute atomic E-state index is 0.0356. The number of unbranched alkanes of at least 4 members (excludes halogenated alkanes) is 32. The molecule has 0 spiro atoms. The van der Waals surface area contributed by atoms with E-state index in [2.05, 4.69) is 111 Å². The molecule has 0 saturated heterocycles. The van der Waals surface area contributed by atoms with Crippen molar-refractivity contribution in [2.75, 3.05) is 40.9 Å². The van der Waals surface area contributed by atoms with E-state index >= 15 is 0 Å². The molecule has 3 atom stereocenters. The normalized spacial score (nSPS) is 14.2. The molecule has 0 aliphatic rings. The van der Waals surface area contributed by atoms with Gasteiger partial charge in [-0.3, -0.25) is 14.2 Å². The summed E-state index contributed by atoms with van der Waals surface area (Å²) in [6, 6.07) is -0.922. The lowest BCUT2D eigenvalue weighted by molar-refractivity contribution is -0.870. The molecule has 0 bridgehead atoms. The number of phosphoric ester groups is 1. The topological polar surface area (TPSA) is 114 Å². The van der Waals surface area contributed by atoms with Crippen LogP contribution in [0.4, 0.5) is 0 Å². The van der Waals surface area contributed by atoms with E-state index in [0.717, 1.165) is 77.0 Å². The van der Waals surface area contributed by atoms with Crippen LogP contribution < -0.4 is 10.2 Å². The smallest absolute Gasteiger partial charge is 0.306 e. The van der Waals surface area contributed by atoms with Gasteiger partial charge in [-0.05, 0) is 109 Å². The number of nitrogens with one attached hydrogen (secondary N) is 1. The molecule has 0 rings (SSSR count). The van der Waals surface area contributed by atoms with Gasteiger partial charge in [0.05, 0.1) is 33.8 Å². The van der Waals surface area contributed by atoms with Gasteiger partial charge in [0.2, 0.25) is 5.91 Å². The Balaban J connectivity index is 5.15. The van der Waals surface area contributed by atoms with Gasteiger partial charge in [-0.1, -0.05) is 279 Å². The molecular formula is C73H131N2O7P. The number of hydrogen-bond acceptors (Lipinski definition) is 7. The van der Waals surface area contributed by atoms with Crippen LogP contribution in [-0.2, 0) is 27.9 Å². The van der Waals surface area contributed by atoms with Gasteiger partial charge in [0.1, 0.15) is 19.3 Å². The maximum atomic E-state index is 13.5. The third-order valence-electron chi connectivity index (χ3n) is 15.0. The number of hydrogen-bond donors (Lipinski definition) is 1. The summed E-state index contributed by atoms with van der Waals surface area (Å²) in [5.41, 5.74) is 0. The van der Waals surface area contributed by atoms with E-state index in [1.165, 1.54) is 186 Å². The number of phosphoric acid groups is 1. The van der Waals surface area contributed by atoms with Gasteiger partial charge in [0.25, 0.3) is 7.82 Å². The maximum Gasteiger partial charge on any atom is 0.306 e. The summed E-state index contributed by atoms with van der Waals surface area (Å²) in [6.45, 7) is 6.76. The maximum absolute atomic E-state index is 13.5. The molecule has 0 aromatic carbocycles. The highest BCUT2D eigenvalue weighted by molar-refractivity contribution is 7.45. The Morgan fingerprint density at radius 1 is 0.422 bits per heavy atom. The van der Waals surface area contributed by atoms with Crippen molar-refractivity contribution in [1.82, 2.24) is 5.32 Å². The second-order valence-corrected chi connectivity index (χ2v) is 25.7. The third kappa shape index (κ3) is 63.3. The molecule has 83 heavy (non-hydrogen) atoms. The molecule has 9 nitrogen and oxygen atoms in total. The zero-order valence-corrected chi connectivity index (χ0v) is 55.8. The number of ether oxygens (including phenoxy) is 1. The summed E-state index contributed by atoms with van der Waals surface area (Å²) in [4.78, 5) is 40.1. The Morgan fingerprint density at radius 3 is 1.14 bits per heavy atom. The average Bonchev–Trinajstić information content (AvgIpc) is 3.46. The van der Waals surface area contributed by atoms with Gasteiger partial charge in [0, 0.05) is 12.8 Å². The lowest BCUT2D eigenvalue weighted by atomic mass is 10.0. The SMILES string of the molecule is CCCCC/C=C\C/C=C\C/C=C\C/C=C\CCCC(=O)NC(COP(=O)([O-])OCC[N+](C)(C)C)C(/C=C\CCCCCCCCCCCCC)OC(=O)CCCCCCCCCCCCCCCC/C=C\C/C=C\C/C=C\CCCCC. The van der Waals surface area contributed by atoms with E-state index < -0.39 is 26.6 Å². The molecule has 0 radical (unpaired) electrons. The molecule has 0 saturated carbocycles. The van der Waals surface area contributed by atoms with Gasteiger partial charge in [-0.25, -0.2) is 0 Å². The van der Waals surface area contributed by atoms with Gasteiger partial charge in [-0.15, -0.1) is 0 Å². The Hall–Kier alpha value is -3.07. The van der Waals surface area contributed by atoms with E-state index in [1.54, 1.807) is 0 Å². The molecule has 480 valence electrons. The predicted molar refractivity (Wildman–Crippen MR) is 358 cm³/mol. The first kappa shape index (κ1) is 79.9. The van der Waals surface area contributed by atoms with Gasteiger partial charge in [-0.2, -0.15) is 0 Å². The van der Waals surface area contributed by atoms with Crippen molar-refractivity contribution in [1.29, 1.82) is 0 Å². The standard InChI is InChI=1S/C73H131N2O7P/c1-7-10-13-16-19-22-25-28-30-32-33-34-35-36-37-38-39-40-41-43-45-48-51-54-57-60-63-66-73(77)82-71(64-61-58-55-52-49-46-27-24-21-18-15-12-9-3)70(69-81-83(78,79)80-68-67-75(4,5)6)74-72(76)65-62-59-56-53-50-47-44-42-31-29-26-23-20-17-14-11-8-2/h19-20,22-23,28-31,33-34,44,47,53,56,61,64,70-71H,7-18,21,24-27,32,35-43,45-46,48-52,54-55,57-60,62-63,65-69H2,1-6H3,(H-,74,76,78,79)/b22-19-,23-20-,30-28-,31-29-,34-33-,47-44-,56-53-,64-61-. The fourth-order valence-corrected chi connectivity index (χ4v) is 10.4. The number of nitrogens with zero attached hydrogens (tertiary/aromatic N) is 1. The van der Waals surface area contributed by atoms with Gasteiger partial charge < -0.3 is 28.5 Å². The van der Waals surface area contributed by atoms with Crippen LogP contribution in [-0.4, -0.2) is 69.4 Å². The fourth-order valence-electron chi connectivity index (χ4n) is 9.64. The van der Waals surface area contributed by atoms with Crippen LogP contribution in [0.25, 0.3) is 0 Å². The minimum Gasteiger partial charge on any atom is -0.756 e. The fraction of sp³-hybridized carbons (Fsp3) is 0.753. The first-order valence-electron chi connectivity index (χ1n) is 34.5. The number of likely N-dealkylation sites (N-methyl/N-ethyl adjacent to an activating group) is 1. The summed E-state index contributed by atoms with van der Waals surface area (Å²) in [5.74, 6) is -0.604. The highest BCUT2D eigenvalue weighted by atomic mass is 31.2. The zero-order valence-electron chi connectivity index (χ0n) is 54.9. The van der Waals surface area contributed by atoms with E-state index in [9.17, 15) is 19.0 Å². The Bertz CT molecular complexity index is 1740. The van der Waals surface area contributed by atoms with E-state index in [0.29, 0.717) is 17.4 Å². The largest absolute Gasteiger partial charge is 0.756 e. The van der Waals surface area contributed by atoms with Crippen LogP contribution >= 0.6 is 7.82 Å². The Kier molecular flexibility index (Phi) is 59.7. The van der Waals surface area contributed by atoms with Crippen LogP contribution in [0.3, 0.4) is 0 Å². The van der Waals surface area contributed by atoms with Crippen molar-refractivity contribution >= 4 is 19.7 Å². The second kappa shape index (κ2) is 62.0. The van der Waals surface area contributed by atoms with E-state index in [-0.39, 0.29) is 31.3 Å². The van der Waals surface area contributed by atoms with Crippen LogP contribution in [0.15, 0.2) is 97.2 Å². The molecule has 0 aliphatic heterocycles. The lowest BCUT2D eigenvalue weighted by Crippen LogP contribution is -2.47. The number of amides is 1. The molecule has 0 heterocycles. The van der Waals surface area contributed by atoms with Crippen molar-refractivity contribution in [3.05, 3.63) is 97.2 Å². The molecule has 0 aromatic rings. The molecule has 0 aromatic heterocycles. The molecule has 0 fully saturated rings. The number of carbonyl (C=O) groups excluding carboxylic acids is 2. The van der Waals surface area contributed by atoms with Crippen molar-refractivity contribution in [3.8, 4) is 0 Å². The van der Waals surface area contributed by atoms with E-state index in [4.69, 9.17) is 13.8 Å². The Labute approximate surface area is 513 Å². The second-order valence-electron chi connectivity index (χ2n) is 24.3. The number of carbonyl (C=O) groups is 2. The molecule has 0 aliphatic carbocycles. The minimum atomic E-state index is -4.72. The van der Waals surface area contributed by atoms with Crippen molar-refractivity contribution in [2.45, 2.75) is 315 Å². The molecule has 1 amide bonds. The summed E-state index contributed by atoms with van der Waals surface area (Å²) in [5, 5.41) is 3.00. The van der Waals surface area contributed by atoms with Crippen LogP contribution in [0, 0.1) is 0 Å². The lowest BCUT2D eigenvalue weighted by Gasteiger charge is -2.30. The summed E-state index contributed by atoms with van der Waals surface area (Å²) in [6.07, 6.45) is 83.9. The highest BCUT2D eigenvalue weighted by Gasteiger charge is 2.27. The summed E-state index contributed by atoms with van der Waals surface area (Å²) < 4.78 is 30.4. The molecular weight excluding hydrogens is 1050 g/mol. The van der Waals surface area contributed by atoms with Crippen LogP contribution in [0.2, 0.25) is 0 Å². The van der Waals surface area contributed by atoms with Crippen molar-refractivity contribution in [3.63, 3.8) is 0 Å². The highest BCUT2D eigenvalue weighted by Crippen LogP contribution is 2.38. The number of rotatable bonds is 62. The van der Waals surface area contributed by atoms with Crippen molar-refractivity contribution < 1.29 is 37.3 Å². The first-order chi connectivity index (χ1) is 40.4. The van der Waals surface area contributed by atoms with Crippen LogP contribution in [0.1, 0.15) is 303 Å². The van der Waals surface area contributed by atoms with Gasteiger partial charge >= 0.3 is 5.97 Å². The van der Waals surface area contributed by atoms with Crippen LogP contribution in [0.5, 0.6) is 0 Å². The summed E-state index contributed by atoms with van der Waals surface area (Å²) in [7, 11) is 1.15. The quantitative estimate of drug-likeness (QED) is 0.0212. The molecule has 1 N–H and O–H groups in total. The van der Waals surface area contributed by atoms with Crippen molar-refractivity contribution in [2.24, 2.45) is 0 Å². The number of esters is 1. The summed E-state index contributed by atoms with van der Waals surface area (Å²) >= 11 is 0. The average molecular weight is 1180 g/mol. The number of allylic oxidation sites excluding steroid dienone is 15. The van der Waals surface area contributed by atoms with Gasteiger partial charge in [0.15, 0.2) is 0 Å². The molecule has 10 heteroatoms. The predicted octanol–water partition coefficient (Wildman–Crippen LogP) is 21.3. The first-order valence-corrected chi connectivity index (χ1v) is 36.0. The Morgan fingerprint density at radius 2 is 0.747 bits per heavy atom. The molecule has 3 unspecified atom stereocenters. The monoisotopic (exact) mass is 1180 g/mol.